The van der Waals surface area contributed by atoms with Gasteiger partial charge in [-0.2, -0.15) is 0 Å². The summed E-state index contributed by atoms with van der Waals surface area (Å²) in [5.74, 6) is 0. The summed E-state index contributed by atoms with van der Waals surface area (Å²) in [6, 6.07) is 10.5. The van der Waals surface area contributed by atoms with Crippen LogP contribution in [0.4, 0.5) is 0 Å². The smallest absolute Gasteiger partial charge is 0.0503 e. The third-order valence-corrected chi connectivity index (χ3v) is 2.57. The zero-order valence-corrected chi connectivity index (χ0v) is 10.1. The minimum Gasteiger partial charge on any atom is -0.325 e. The summed E-state index contributed by atoms with van der Waals surface area (Å²) in [5, 5.41) is 2.46. The monoisotopic (exact) mass is 214 g/mol. The summed E-state index contributed by atoms with van der Waals surface area (Å²) in [4.78, 5) is 4.61. The lowest BCUT2D eigenvalue weighted by Crippen LogP contribution is -2.34. The molecule has 0 spiro atoms. The predicted molar refractivity (Wildman–Crippen MR) is 68.5 cm³/mol. The second kappa shape index (κ2) is 3.87. The van der Waals surface area contributed by atoms with Gasteiger partial charge < -0.3 is 5.73 Å². The van der Waals surface area contributed by atoms with E-state index >= 15 is 0 Å². The second-order valence-electron chi connectivity index (χ2n) is 5.10. The van der Waals surface area contributed by atoms with Crippen LogP contribution in [0.5, 0.6) is 0 Å². The van der Waals surface area contributed by atoms with Crippen molar-refractivity contribution in [2.45, 2.75) is 32.7 Å². The SMILES string of the molecule is Cc1cc2ccccc2c(CC(C)(C)N)n1. The lowest BCUT2D eigenvalue weighted by atomic mass is 9.96. The van der Waals surface area contributed by atoms with Gasteiger partial charge in [-0.15, -0.1) is 0 Å². The Kier molecular flexibility index (Phi) is 2.68. The average Bonchev–Trinajstić information content (AvgIpc) is 2.14. The molecular weight excluding hydrogens is 196 g/mol. The van der Waals surface area contributed by atoms with Crippen molar-refractivity contribution in [3.63, 3.8) is 0 Å². The van der Waals surface area contributed by atoms with Crippen LogP contribution in [0, 0.1) is 6.92 Å². The summed E-state index contributed by atoms with van der Waals surface area (Å²) < 4.78 is 0. The highest BCUT2D eigenvalue weighted by molar-refractivity contribution is 5.84. The van der Waals surface area contributed by atoms with Crippen LogP contribution in [0.1, 0.15) is 25.2 Å². The molecule has 1 heterocycles. The zero-order chi connectivity index (χ0) is 11.8. The molecule has 0 saturated carbocycles. The maximum atomic E-state index is 6.07. The van der Waals surface area contributed by atoms with E-state index in [0.29, 0.717) is 0 Å². The van der Waals surface area contributed by atoms with Gasteiger partial charge in [-0.1, -0.05) is 24.3 Å². The molecule has 0 aliphatic rings. The van der Waals surface area contributed by atoms with E-state index in [4.69, 9.17) is 5.73 Å². The molecule has 2 aromatic rings. The Hall–Kier alpha value is -1.41. The molecule has 0 saturated heterocycles. The Morgan fingerprint density at radius 2 is 1.94 bits per heavy atom. The summed E-state index contributed by atoms with van der Waals surface area (Å²) in [7, 11) is 0. The fourth-order valence-electron chi connectivity index (χ4n) is 1.98. The molecular formula is C14H18N2. The number of aromatic nitrogens is 1. The predicted octanol–water partition coefficient (Wildman–Crippen LogP) is 2.82. The Morgan fingerprint density at radius 3 is 2.62 bits per heavy atom. The summed E-state index contributed by atoms with van der Waals surface area (Å²) >= 11 is 0. The highest BCUT2D eigenvalue weighted by Crippen LogP contribution is 2.21. The number of hydrogen-bond donors (Lipinski definition) is 1. The van der Waals surface area contributed by atoms with Crippen LogP contribution in [-0.2, 0) is 6.42 Å². The number of benzene rings is 1. The van der Waals surface area contributed by atoms with E-state index in [9.17, 15) is 0 Å². The Labute approximate surface area is 96.5 Å². The maximum Gasteiger partial charge on any atom is 0.0503 e. The van der Waals surface area contributed by atoms with Crippen molar-refractivity contribution in [2.75, 3.05) is 0 Å². The molecule has 2 N–H and O–H groups in total. The molecule has 0 radical (unpaired) electrons. The third-order valence-electron chi connectivity index (χ3n) is 2.57. The van der Waals surface area contributed by atoms with Crippen molar-refractivity contribution in [2.24, 2.45) is 5.73 Å². The van der Waals surface area contributed by atoms with Crippen molar-refractivity contribution in [1.29, 1.82) is 0 Å². The molecule has 2 nitrogen and oxygen atoms in total. The quantitative estimate of drug-likeness (QED) is 0.835. The number of pyridine rings is 1. The van der Waals surface area contributed by atoms with Crippen LogP contribution in [0.25, 0.3) is 10.8 Å². The zero-order valence-electron chi connectivity index (χ0n) is 10.1. The van der Waals surface area contributed by atoms with Crippen LogP contribution < -0.4 is 5.73 Å². The Morgan fingerprint density at radius 1 is 1.25 bits per heavy atom. The van der Waals surface area contributed by atoms with Gasteiger partial charge in [-0.25, -0.2) is 0 Å². The van der Waals surface area contributed by atoms with Gasteiger partial charge in [0, 0.05) is 23.0 Å². The van der Waals surface area contributed by atoms with Crippen molar-refractivity contribution in [3.05, 3.63) is 41.7 Å². The van der Waals surface area contributed by atoms with Gasteiger partial charge in [0.1, 0.15) is 0 Å². The maximum absolute atomic E-state index is 6.07. The van der Waals surface area contributed by atoms with E-state index in [0.717, 1.165) is 17.8 Å². The van der Waals surface area contributed by atoms with E-state index in [1.807, 2.05) is 26.8 Å². The van der Waals surface area contributed by atoms with Gasteiger partial charge in [-0.05, 0) is 32.2 Å². The van der Waals surface area contributed by atoms with Gasteiger partial charge in [0.05, 0.1) is 5.69 Å². The lowest BCUT2D eigenvalue weighted by Gasteiger charge is -2.19. The van der Waals surface area contributed by atoms with Crippen LogP contribution >= 0.6 is 0 Å². The molecule has 0 aliphatic heterocycles. The first-order chi connectivity index (χ1) is 7.46. The molecule has 2 heteroatoms. The van der Waals surface area contributed by atoms with Crippen molar-refractivity contribution < 1.29 is 0 Å². The van der Waals surface area contributed by atoms with Crippen LogP contribution in [0.3, 0.4) is 0 Å². The first-order valence-electron chi connectivity index (χ1n) is 5.60. The third kappa shape index (κ3) is 2.39. The van der Waals surface area contributed by atoms with Gasteiger partial charge >= 0.3 is 0 Å². The van der Waals surface area contributed by atoms with Crippen molar-refractivity contribution in [1.82, 2.24) is 4.98 Å². The minimum atomic E-state index is -0.219. The molecule has 1 aromatic carbocycles. The van der Waals surface area contributed by atoms with Crippen LogP contribution in [-0.4, -0.2) is 10.5 Å². The molecule has 84 valence electrons. The van der Waals surface area contributed by atoms with E-state index in [-0.39, 0.29) is 5.54 Å². The minimum absolute atomic E-state index is 0.219. The van der Waals surface area contributed by atoms with Gasteiger partial charge in [0.15, 0.2) is 0 Å². The topological polar surface area (TPSA) is 38.9 Å². The van der Waals surface area contributed by atoms with Gasteiger partial charge in [-0.3, -0.25) is 4.98 Å². The number of nitrogens with zero attached hydrogens (tertiary/aromatic N) is 1. The molecule has 0 unspecified atom stereocenters. The molecule has 16 heavy (non-hydrogen) atoms. The second-order valence-corrected chi connectivity index (χ2v) is 5.10. The number of nitrogens with two attached hydrogens (primary N) is 1. The molecule has 0 bridgehead atoms. The number of fused-ring (bicyclic) bond motifs is 1. The summed E-state index contributed by atoms with van der Waals surface area (Å²) in [5.41, 5.74) is 8.00. The lowest BCUT2D eigenvalue weighted by molar-refractivity contribution is 0.512. The van der Waals surface area contributed by atoms with E-state index in [1.54, 1.807) is 0 Å². The van der Waals surface area contributed by atoms with E-state index in [1.165, 1.54) is 10.8 Å². The van der Waals surface area contributed by atoms with Crippen LogP contribution in [0.2, 0.25) is 0 Å². The fraction of sp³-hybridized carbons (Fsp3) is 0.357. The Bertz CT molecular complexity index is 510. The highest BCUT2D eigenvalue weighted by atomic mass is 14.8. The van der Waals surface area contributed by atoms with E-state index in [2.05, 4.69) is 29.2 Å². The molecule has 2 rings (SSSR count). The number of rotatable bonds is 2. The number of aryl methyl sites for hydroxylation is 1. The first kappa shape index (κ1) is 11.1. The molecule has 0 amide bonds. The van der Waals surface area contributed by atoms with Crippen molar-refractivity contribution in [3.8, 4) is 0 Å². The molecule has 0 aliphatic carbocycles. The standard InChI is InChI=1S/C14H18N2/c1-10-8-11-6-4-5-7-12(11)13(16-10)9-14(2,3)15/h4-8H,9,15H2,1-3H3. The molecule has 0 fully saturated rings. The van der Waals surface area contributed by atoms with E-state index < -0.39 is 0 Å². The summed E-state index contributed by atoms with van der Waals surface area (Å²) in [6.45, 7) is 6.09. The van der Waals surface area contributed by atoms with Gasteiger partial charge in [0.2, 0.25) is 0 Å². The summed E-state index contributed by atoms with van der Waals surface area (Å²) in [6.07, 6.45) is 0.801. The van der Waals surface area contributed by atoms with Gasteiger partial charge in [0.25, 0.3) is 0 Å². The average molecular weight is 214 g/mol. The molecule has 0 atom stereocenters. The normalized spacial score (nSPS) is 12.0. The number of hydrogen-bond acceptors (Lipinski definition) is 2. The largest absolute Gasteiger partial charge is 0.325 e. The molecule has 1 aromatic heterocycles. The van der Waals surface area contributed by atoms with Crippen LogP contribution in [0.15, 0.2) is 30.3 Å². The fourth-order valence-corrected chi connectivity index (χ4v) is 1.98. The first-order valence-corrected chi connectivity index (χ1v) is 5.60. The van der Waals surface area contributed by atoms with Crippen molar-refractivity contribution >= 4 is 10.8 Å². The Balaban J connectivity index is 2.59. The highest BCUT2D eigenvalue weighted by Gasteiger charge is 2.15.